The van der Waals surface area contributed by atoms with E-state index in [2.05, 4.69) is 187 Å². The highest BCUT2D eigenvalue weighted by molar-refractivity contribution is 6.08. The Morgan fingerprint density at radius 1 is 0.260 bits per heavy atom. The normalized spacial score (nSPS) is 12.8. The van der Waals surface area contributed by atoms with Gasteiger partial charge in [0, 0.05) is 0 Å². The maximum atomic E-state index is 2.46. The predicted octanol–water partition coefficient (Wildman–Crippen LogP) is 14.4. The lowest BCUT2D eigenvalue weighted by Crippen LogP contribution is -2.16. The van der Waals surface area contributed by atoms with Crippen LogP contribution in [0.15, 0.2) is 48.5 Å². The van der Waals surface area contributed by atoms with Crippen molar-refractivity contribution in [1.82, 2.24) is 0 Å². The second kappa shape index (κ2) is 13.3. The summed E-state index contributed by atoms with van der Waals surface area (Å²) in [6, 6.07) is 19.7. The highest BCUT2D eigenvalue weighted by Crippen LogP contribution is 2.47. The molecule has 0 bridgehead atoms. The van der Waals surface area contributed by atoms with Gasteiger partial charge in [-0.05, 0) is 177 Å². The van der Waals surface area contributed by atoms with Crippen LogP contribution >= 0.6 is 0 Å². The molecule has 0 heteroatoms. The maximum Gasteiger partial charge on any atom is -0.00157 e. The summed E-state index contributed by atoms with van der Waals surface area (Å²) in [7, 11) is 0. The van der Waals surface area contributed by atoms with E-state index in [4.69, 9.17) is 0 Å². The summed E-state index contributed by atoms with van der Waals surface area (Å²) < 4.78 is 0. The van der Waals surface area contributed by atoms with Gasteiger partial charge in [0.1, 0.15) is 0 Å². The summed E-state index contributed by atoms with van der Waals surface area (Å²) in [6.07, 6.45) is 0. The second-order valence-electron chi connectivity index (χ2n) is 19.7. The maximum absolute atomic E-state index is 2.46. The third-order valence-corrected chi connectivity index (χ3v) is 10.8. The van der Waals surface area contributed by atoms with Crippen LogP contribution in [0.1, 0.15) is 172 Å². The molecule has 0 radical (unpaired) electrons. The fourth-order valence-electron chi connectivity index (χ4n) is 7.91. The topological polar surface area (TPSA) is 0 Å². The predicted molar refractivity (Wildman–Crippen MR) is 223 cm³/mol. The molecule has 4 rings (SSSR count). The number of hydrogen-bond acceptors (Lipinski definition) is 0. The van der Waals surface area contributed by atoms with E-state index in [1.54, 1.807) is 0 Å². The summed E-state index contributed by atoms with van der Waals surface area (Å²) >= 11 is 0. The molecule has 268 valence electrons. The van der Waals surface area contributed by atoms with Crippen LogP contribution in [0.3, 0.4) is 0 Å². The molecule has 4 aromatic rings. The SMILES string of the molecule is Cc1cc(C(C)(C)C)cc(C)c1C(=C(c1c(C)cc(C(C)(C)C)cc1C)c1c(C)cc(C(C)(C)C)cc1C)c1c(C)cc(C(C)(C)C)cc1C. The van der Waals surface area contributed by atoms with Crippen LogP contribution in [0.25, 0.3) is 11.1 Å². The van der Waals surface area contributed by atoms with Crippen molar-refractivity contribution in [3.63, 3.8) is 0 Å². The Hall–Kier alpha value is -3.38. The molecule has 0 amide bonds. The number of benzene rings is 4. The van der Waals surface area contributed by atoms with Gasteiger partial charge in [-0.1, -0.05) is 132 Å². The molecule has 0 aliphatic rings. The van der Waals surface area contributed by atoms with E-state index in [-0.39, 0.29) is 21.7 Å². The molecule has 0 atom stereocenters. The summed E-state index contributed by atoms with van der Waals surface area (Å²) in [5.41, 5.74) is 24.7. The summed E-state index contributed by atoms with van der Waals surface area (Å²) in [6.45, 7) is 46.7. The van der Waals surface area contributed by atoms with E-state index in [0.717, 1.165) is 0 Å². The zero-order valence-electron chi connectivity index (χ0n) is 35.6. The quantitative estimate of drug-likeness (QED) is 0.190. The van der Waals surface area contributed by atoms with E-state index < -0.39 is 0 Å². The largest absolute Gasteiger partial charge is 0.0561 e. The molecule has 4 aromatic carbocycles. The van der Waals surface area contributed by atoms with Gasteiger partial charge in [-0.3, -0.25) is 0 Å². The molecule has 0 N–H and O–H groups in total. The molecule has 0 nitrogen and oxygen atoms in total. The van der Waals surface area contributed by atoms with Gasteiger partial charge < -0.3 is 0 Å². The molecule has 0 aromatic heterocycles. The molecular weight excluding hydrogens is 601 g/mol. The standard InChI is InChI=1S/C50H68/c1-29-21-37(47(9,10)11)22-30(2)41(29)45(42-31(3)23-38(24-32(42)4)48(12,13)14)46(43-33(5)25-39(26-34(43)6)49(15,16)17)44-35(7)27-40(28-36(44)8)50(18,19)20/h21-28H,1-20H3. The summed E-state index contributed by atoms with van der Waals surface area (Å²) in [5, 5.41) is 0. The summed E-state index contributed by atoms with van der Waals surface area (Å²) in [5.74, 6) is 0. The first-order valence-corrected chi connectivity index (χ1v) is 18.9. The Bertz CT molecular complexity index is 1590. The highest BCUT2D eigenvalue weighted by Gasteiger charge is 2.30. The molecule has 0 unspecified atom stereocenters. The first kappa shape index (κ1) is 39.4. The second-order valence-corrected chi connectivity index (χ2v) is 19.7. The number of rotatable bonds is 4. The van der Waals surface area contributed by atoms with E-state index in [1.807, 2.05) is 0 Å². The first-order chi connectivity index (χ1) is 22.6. The van der Waals surface area contributed by atoms with E-state index in [9.17, 15) is 0 Å². The average Bonchev–Trinajstić information content (AvgIpc) is 2.91. The van der Waals surface area contributed by atoms with E-state index >= 15 is 0 Å². The minimum atomic E-state index is 0.0624. The van der Waals surface area contributed by atoms with Crippen LogP contribution < -0.4 is 0 Å². The minimum absolute atomic E-state index is 0.0624. The van der Waals surface area contributed by atoms with Gasteiger partial charge in [0.15, 0.2) is 0 Å². The zero-order valence-corrected chi connectivity index (χ0v) is 35.6. The third-order valence-electron chi connectivity index (χ3n) is 10.8. The molecule has 50 heavy (non-hydrogen) atoms. The fourth-order valence-corrected chi connectivity index (χ4v) is 7.91. The average molecular weight is 669 g/mol. The van der Waals surface area contributed by atoms with Crippen molar-refractivity contribution in [3.05, 3.63) is 138 Å². The summed E-state index contributed by atoms with van der Waals surface area (Å²) in [4.78, 5) is 0. The van der Waals surface area contributed by atoms with Crippen molar-refractivity contribution >= 4 is 11.1 Å². The molecule has 0 saturated heterocycles. The van der Waals surface area contributed by atoms with Crippen molar-refractivity contribution in [1.29, 1.82) is 0 Å². The molecule has 0 spiro atoms. The lowest BCUT2D eigenvalue weighted by molar-refractivity contribution is 0.588. The first-order valence-electron chi connectivity index (χ1n) is 18.9. The van der Waals surface area contributed by atoms with Crippen LogP contribution in [0.4, 0.5) is 0 Å². The van der Waals surface area contributed by atoms with Gasteiger partial charge in [-0.2, -0.15) is 0 Å². The van der Waals surface area contributed by atoms with Crippen molar-refractivity contribution in [3.8, 4) is 0 Å². The number of aryl methyl sites for hydroxylation is 8. The van der Waals surface area contributed by atoms with Crippen molar-refractivity contribution < 1.29 is 0 Å². The molecule has 0 heterocycles. The van der Waals surface area contributed by atoms with Gasteiger partial charge in [-0.25, -0.2) is 0 Å². The Morgan fingerprint density at radius 3 is 0.480 bits per heavy atom. The van der Waals surface area contributed by atoms with Crippen molar-refractivity contribution in [2.45, 2.75) is 160 Å². The van der Waals surface area contributed by atoms with Crippen molar-refractivity contribution in [2.24, 2.45) is 0 Å². The molecule has 0 fully saturated rings. The minimum Gasteiger partial charge on any atom is -0.0561 e. The van der Waals surface area contributed by atoms with Gasteiger partial charge in [0.2, 0.25) is 0 Å². The molecule has 0 saturated carbocycles. The Balaban J connectivity index is 2.42. The van der Waals surface area contributed by atoms with Crippen LogP contribution in [0.2, 0.25) is 0 Å². The lowest BCUT2D eigenvalue weighted by Gasteiger charge is -2.31. The van der Waals surface area contributed by atoms with Crippen LogP contribution in [-0.4, -0.2) is 0 Å². The van der Waals surface area contributed by atoms with Gasteiger partial charge in [0.25, 0.3) is 0 Å². The Kier molecular flexibility index (Phi) is 10.5. The Morgan fingerprint density at radius 2 is 0.380 bits per heavy atom. The molecule has 0 aliphatic heterocycles. The van der Waals surface area contributed by atoms with E-state index in [0.29, 0.717) is 0 Å². The van der Waals surface area contributed by atoms with Gasteiger partial charge in [0.05, 0.1) is 0 Å². The fraction of sp³-hybridized carbons (Fsp3) is 0.480. The smallest absolute Gasteiger partial charge is 0.00157 e. The molecule has 0 aliphatic carbocycles. The number of hydrogen-bond donors (Lipinski definition) is 0. The van der Waals surface area contributed by atoms with Crippen molar-refractivity contribution in [2.75, 3.05) is 0 Å². The zero-order chi connectivity index (χ0) is 38.0. The van der Waals surface area contributed by atoms with E-state index in [1.165, 1.54) is 100 Å². The van der Waals surface area contributed by atoms with Gasteiger partial charge in [-0.15, -0.1) is 0 Å². The third kappa shape index (κ3) is 7.76. The molecular formula is C50H68. The highest BCUT2D eigenvalue weighted by atomic mass is 14.3. The van der Waals surface area contributed by atoms with Crippen LogP contribution in [0, 0.1) is 55.4 Å². The van der Waals surface area contributed by atoms with Crippen LogP contribution in [-0.2, 0) is 21.7 Å². The van der Waals surface area contributed by atoms with Crippen LogP contribution in [0.5, 0.6) is 0 Å². The monoisotopic (exact) mass is 669 g/mol. The Labute approximate surface area is 307 Å². The lowest BCUT2D eigenvalue weighted by atomic mass is 9.73. The van der Waals surface area contributed by atoms with Gasteiger partial charge >= 0.3 is 0 Å².